The molecule has 0 amide bonds. The SMILES string of the molecule is N#C/C(=C\c1ccc(N(c2ccccc2)c2ccccc2)cc1)S(=O)(=O)c1ccc(Cl)cc1. The number of nitrogens with zero attached hydrogens (tertiary/aromatic N) is 2. The molecule has 0 N–H and O–H groups in total. The molecular weight excluding hydrogens is 452 g/mol. The Bertz CT molecular complexity index is 1370. The van der Waals surface area contributed by atoms with Gasteiger partial charge in [-0.1, -0.05) is 60.1 Å². The number of benzene rings is 4. The zero-order chi connectivity index (χ0) is 23.3. The van der Waals surface area contributed by atoms with Gasteiger partial charge < -0.3 is 4.90 Å². The first-order valence-corrected chi connectivity index (χ1v) is 12.0. The number of sulfone groups is 1. The summed E-state index contributed by atoms with van der Waals surface area (Å²) in [6.07, 6.45) is 1.38. The standard InChI is InChI=1S/C27H19ClN2O2S/c28-22-13-17-26(18-14-22)33(31,32)27(20-29)19-21-11-15-25(16-12-21)30(23-7-3-1-4-8-23)24-9-5-2-6-10-24/h1-19H/b27-19+. The van der Waals surface area contributed by atoms with Gasteiger partial charge in [-0.3, -0.25) is 0 Å². The molecule has 4 aromatic carbocycles. The van der Waals surface area contributed by atoms with Crippen LogP contribution in [0, 0.1) is 11.3 Å². The molecule has 0 radical (unpaired) electrons. The van der Waals surface area contributed by atoms with Crippen LogP contribution in [-0.4, -0.2) is 8.42 Å². The van der Waals surface area contributed by atoms with Crippen LogP contribution >= 0.6 is 11.6 Å². The molecule has 4 rings (SSSR count). The fourth-order valence-corrected chi connectivity index (χ4v) is 4.67. The topological polar surface area (TPSA) is 61.2 Å². The van der Waals surface area contributed by atoms with Crippen molar-refractivity contribution in [2.45, 2.75) is 4.90 Å². The molecule has 162 valence electrons. The van der Waals surface area contributed by atoms with Gasteiger partial charge in [0.05, 0.1) is 4.90 Å². The third-order valence-electron chi connectivity index (χ3n) is 5.00. The Morgan fingerprint density at radius 3 is 1.70 bits per heavy atom. The molecule has 0 atom stereocenters. The van der Waals surface area contributed by atoms with Crippen molar-refractivity contribution in [3.8, 4) is 6.07 Å². The Morgan fingerprint density at radius 1 is 0.727 bits per heavy atom. The lowest BCUT2D eigenvalue weighted by molar-refractivity contribution is 0.603. The summed E-state index contributed by atoms with van der Waals surface area (Å²) in [6, 6.07) is 34.9. The first-order valence-electron chi connectivity index (χ1n) is 10.1. The van der Waals surface area contributed by atoms with Gasteiger partial charge >= 0.3 is 0 Å². The van der Waals surface area contributed by atoms with Crippen molar-refractivity contribution in [3.63, 3.8) is 0 Å². The second kappa shape index (κ2) is 9.74. The van der Waals surface area contributed by atoms with E-state index in [4.69, 9.17) is 11.6 Å². The molecule has 0 unspecified atom stereocenters. The van der Waals surface area contributed by atoms with Crippen LogP contribution in [0.15, 0.2) is 119 Å². The number of hydrogen-bond acceptors (Lipinski definition) is 4. The molecule has 0 spiro atoms. The van der Waals surface area contributed by atoms with E-state index in [1.807, 2.05) is 78.9 Å². The maximum atomic E-state index is 12.9. The van der Waals surface area contributed by atoms with Gasteiger partial charge in [0.15, 0.2) is 0 Å². The lowest BCUT2D eigenvalue weighted by Crippen LogP contribution is -2.09. The summed E-state index contributed by atoms with van der Waals surface area (Å²) in [5, 5.41) is 9.97. The lowest BCUT2D eigenvalue weighted by atomic mass is 10.1. The van der Waals surface area contributed by atoms with Crippen LogP contribution in [0.3, 0.4) is 0 Å². The first kappa shape index (κ1) is 22.3. The van der Waals surface area contributed by atoms with Crippen molar-refractivity contribution >= 4 is 44.6 Å². The smallest absolute Gasteiger partial charge is 0.216 e. The predicted molar refractivity (Wildman–Crippen MR) is 133 cm³/mol. The van der Waals surface area contributed by atoms with E-state index in [1.54, 1.807) is 12.1 Å². The lowest BCUT2D eigenvalue weighted by Gasteiger charge is -2.25. The Hall–Kier alpha value is -3.85. The van der Waals surface area contributed by atoms with Gasteiger partial charge in [0.2, 0.25) is 9.84 Å². The molecule has 4 aromatic rings. The Labute approximate surface area is 198 Å². The number of nitriles is 1. The van der Waals surface area contributed by atoms with Crippen molar-refractivity contribution in [1.29, 1.82) is 5.26 Å². The van der Waals surface area contributed by atoms with E-state index < -0.39 is 9.84 Å². The number of rotatable bonds is 6. The number of hydrogen-bond donors (Lipinski definition) is 0. The number of halogens is 1. The van der Waals surface area contributed by atoms with E-state index in [-0.39, 0.29) is 9.80 Å². The zero-order valence-electron chi connectivity index (χ0n) is 17.5. The van der Waals surface area contributed by atoms with Crippen LogP contribution < -0.4 is 4.90 Å². The highest BCUT2D eigenvalue weighted by Crippen LogP contribution is 2.34. The van der Waals surface area contributed by atoms with Gasteiger partial charge in [0.25, 0.3) is 0 Å². The molecule has 0 aliphatic carbocycles. The summed E-state index contributed by atoms with van der Waals surface area (Å²) in [4.78, 5) is 1.79. The van der Waals surface area contributed by atoms with Crippen molar-refractivity contribution in [2.75, 3.05) is 4.90 Å². The van der Waals surface area contributed by atoms with Crippen LogP contribution in [0.5, 0.6) is 0 Å². The molecule has 0 bridgehead atoms. The maximum Gasteiger partial charge on any atom is 0.216 e. The minimum Gasteiger partial charge on any atom is -0.311 e. The van der Waals surface area contributed by atoms with Gasteiger partial charge in [0, 0.05) is 22.1 Å². The third-order valence-corrected chi connectivity index (χ3v) is 6.93. The van der Waals surface area contributed by atoms with E-state index >= 15 is 0 Å². The quantitative estimate of drug-likeness (QED) is 0.281. The van der Waals surface area contributed by atoms with Crippen LogP contribution in [0.4, 0.5) is 17.1 Å². The van der Waals surface area contributed by atoms with Crippen LogP contribution in [-0.2, 0) is 9.84 Å². The van der Waals surface area contributed by atoms with Crippen molar-refractivity contribution in [2.24, 2.45) is 0 Å². The van der Waals surface area contributed by atoms with Gasteiger partial charge in [-0.15, -0.1) is 0 Å². The van der Waals surface area contributed by atoms with Gasteiger partial charge in [-0.05, 0) is 72.3 Å². The summed E-state index contributed by atoms with van der Waals surface area (Å²) in [7, 11) is -3.95. The second-order valence-corrected chi connectivity index (χ2v) is 9.53. The van der Waals surface area contributed by atoms with E-state index in [1.165, 1.54) is 30.3 Å². The minimum atomic E-state index is -3.95. The highest BCUT2D eigenvalue weighted by atomic mass is 35.5. The molecule has 0 aromatic heterocycles. The monoisotopic (exact) mass is 470 g/mol. The molecule has 0 aliphatic rings. The number of para-hydroxylation sites is 2. The van der Waals surface area contributed by atoms with Crippen molar-refractivity contribution < 1.29 is 8.42 Å². The molecule has 4 nitrogen and oxygen atoms in total. The summed E-state index contributed by atoms with van der Waals surface area (Å²) in [5.41, 5.74) is 3.50. The fraction of sp³-hybridized carbons (Fsp3) is 0. The largest absolute Gasteiger partial charge is 0.311 e. The molecule has 0 fully saturated rings. The van der Waals surface area contributed by atoms with Crippen LogP contribution in [0.25, 0.3) is 6.08 Å². The second-order valence-electron chi connectivity index (χ2n) is 7.18. The Morgan fingerprint density at radius 2 is 1.21 bits per heavy atom. The van der Waals surface area contributed by atoms with Gasteiger partial charge in [-0.2, -0.15) is 5.26 Å². The normalized spacial score (nSPS) is 11.6. The van der Waals surface area contributed by atoms with E-state index in [0.29, 0.717) is 10.6 Å². The Balaban J connectivity index is 1.70. The van der Waals surface area contributed by atoms with Crippen molar-refractivity contribution in [3.05, 3.63) is 125 Å². The average Bonchev–Trinajstić information content (AvgIpc) is 2.85. The Kier molecular flexibility index (Phi) is 6.60. The highest BCUT2D eigenvalue weighted by molar-refractivity contribution is 7.95. The van der Waals surface area contributed by atoms with Crippen LogP contribution in [0.1, 0.15) is 5.56 Å². The average molecular weight is 471 g/mol. The maximum absolute atomic E-state index is 12.9. The summed E-state index contributed by atoms with van der Waals surface area (Å²) in [6.45, 7) is 0. The minimum absolute atomic E-state index is 0.0238. The third kappa shape index (κ3) is 4.98. The van der Waals surface area contributed by atoms with Gasteiger partial charge in [0.1, 0.15) is 11.0 Å². The van der Waals surface area contributed by atoms with E-state index in [0.717, 1.165) is 17.1 Å². The predicted octanol–water partition coefficient (Wildman–Crippen LogP) is 7.15. The molecule has 6 heteroatoms. The highest BCUT2D eigenvalue weighted by Gasteiger charge is 2.21. The molecule has 0 aliphatic heterocycles. The molecule has 0 heterocycles. The summed E-state index contributed by atoms with van der Waals surface area (Å²) < 4.78 is 25.8. The molecular formula is C27H19ClN2O2S. The first-order chi connectivity index (χ1) is 16.0. The summed E-state index contributed by atoms with van der Waals surface area (Å²) >= 11 is 5.86. The van der Waals surface area contributed by atoms with Crippen molar-refractivity contribution in [1.82, 2.24) is 0 Å². The van der Waals surface area contributed by atoms with E-state index in [2.05, 4.69) is 4.90 Å². The summed E-state index contributed by atoms with van der Waals surface area (Å²) in [5.74, 6) is 0. The molecule has 0 saturated heterocycles. The van der Waals surface area contributed by atoms with Gasteiger partial charge in [-0.25, -0.2) is 8.42 Å². The number of allylic oxidation sites excluding steroid dienone is 1. The van der Waals surface area contributed by atoms with E-state index in [9.17, 15) is 13.7 Å². The molecule has 33 heavy (non-hydrogen) atoms. The zero-order valence-corrected chi connectivity index (χ0v) is 19.0. The number of anilines is 3. The molecule has 0 saturated carbocycles. The van der Waals surface area contributed by atoms with Crippen LogP contribution in [0.2, 0.25) is 5.02 Å². The fourth-order valence-electron chi connectivity index (χ4n) is 3.38.